The van der Waals surface area contributed by atoms with E-state index in [2.05, 4.69) is 43.8 Å². The van der Waals surface area contributed by atoms with Gasteiger partial charge < -0.3 is 15.5 Å². The molecule has 4 nitrogen and oxygen atoms in total. The Morgan fingerprint density at radius 1 is 0.700 bits per heavy atom. The van der Waals surface area contributed by atoms with Gasteiger partial charge in [-0.1, -0.05) is 76.9 Å². The van der Waals surface area contributed by atoms with Crippen LogP contribution in [0.1, 0.15) is 110 Å². The number of nitrogens with one attached hydrogen (secondary N) is 3. The summed E-state index contributed by atoms with van der Waals surface area (Å²) in [6.07, 6.45) is 25.3. The molecule has 0 aliphatic carbocycles. The van der Waals surface area contributed by atoms with Crippen LogP contribution in [0.2, 0.25) is 0 Å². The molecule has 0 fully saturated rings. The average Bonchev–Trinajstić information content (AvgIpc) is 2.72. The third-order valence-corrected chi connectivity index (χ3v) is 5.57. The van der Waals surface area contributed by atoms with Crippen LogP contribution >= 0.6 is 0 Å². The molecule has 1 amide bonds. The number of hydrogen-bond donors (Lipinski definition) is 3. The van der Waals surface area contributed by atoms with E-state index < -0.39 is 0 Å². The summed E-state index contributed by atoms with van der Waals surface area (Å²) in [6.45, 7) is 6.03. The number of carbonyl (C=O) groups excluding carboxylic acids is 1. The van der Waals surface area contributed by atoms with Crippen molar-refractivity contribution in [2.75, 3.05) is 40.3 Å². The molecule has 0 spiro atoms. The Balaban J connectivity index is 3.17. The lowest BCUT2D eigenvalue weighted by molar-refractivity contribution is -0.858. The minimum atomic E-state index is 0.178. The minimum absolute atomic E-state index is 0.178. The number of hydrogen-bond acceptors (Lipinski definition) is 2. The topological polar surface area (TPSA) is 45.6 Å². The lowest BCUT2D eigenvalue weighted by Gasteiger charge is -2.08. The molecule has 0 saturated carbocycles. The number of rotatable bonds is 23. The highest BCUT2D eigenvalue weighted by molar-refractivity contribution is 5.75. The van der Waals surface area contributed by atoms with Gasteiger partial charge in [-0.3, -0.25) is 4.79 Å². The third-order valence-electron chi connectivity index (χ3n) is 5.57. The second kappa shape index (κ2) is 24.4. The first-order chi connectivity index (χ1) is 14.7. The van der Waals surface area contributed by atoms with Crippen molar-refractivity contribution in [3.05, 3.63) is 12.2 Å². The molecule has 0 heterocycles. The Kier molecular flexibility index (Phi) is 23.7. The lowest BCUT2D eigenvalue weighted by atomic mass is 10.1. The van der Waals surface area contributed by atoms with Gasteiger partial charge in [-0.05, 0) is 38.6 Å². The van der Waals surface area contributed by atoms with Gasteiger partial charge in [-0.25, -0.2) is 0 Å². The monoisotopic (exact) mass is 424 g/mol. The fourth-order valence-corrected chi connectivity index (χ4v) is 3.58. The lowest BCUT2D eigenvalue weighted by Crippen LogP contribution is -3.05. The number of quaternary nitrogens is 1. The SMILES string of the molecule is CCCCCCCC/C=C\CCCCCCCCNCCC(=O)NCCC[NH+](C)C. The first-order valence-corrected chi connectivity index (χ1v) is 13.1. The van der Waals surface area contributed by atoms with Gasteiger partial charge in [0.25, 0.3) is 0 Å². The molecule has 30 heavy (non-hydrogen) atoms. The molecule has 0 aromatic heterocycles. The van der Waals surface area contributed by atoms with Gasteiger partial charge in [0.2, 0.25) is 5.91 Å². The van der Waals surface area contributed by atoms with Gasteiger partial charge in [0, 0.05) is 25.9 Å². The molecule has 4 heteroatoms. The second-order valence-electron chi connectivity index (χ2n) is 9.10. The van der Waals surface area contributed by atoms with Crippen molar-refractivity contribution >= 4 is 5.91 Å². The summed E-state index contributed by atoms with van der Waals surface area (Å²) >= 11 is 0. The minimum Gasteiger partial charge on any atom is -0.356 e. The van der Waals surface area contributed by atoms with Crippen LogP contribution in [-0.4, -0.2) is 46.2 Å². The summed E-state index contributed by atoms with van der Waals surface area (Å²) < 4.78 is 0. The predicted molar refractivity (Wildman–Crippen MR) is 132 cm³/mol. The molecule has 0 atom stereocenters. The van der Waals surface area contributed by atoms with E-state index in [9.17, 15) is 4.79 Å². The van der Waals surface area contributed by atoms with Crippen molar-refractivity contribution in [3.63, 3.8) is 0 Å². The fourth-order valence-electron chi connectivity index (χ4n) is 3.58. The van der Waals surface area contributed by atoms with Crippen LogP contribution in [0.3, 0.4) is 0 Å². The van der Waals surface area contributed by atoms with E-state index in [1.54, 1.807) is 0 Å². The molecule has 0 unspecified atom stereocenters. The zero-order valence-electron chi connectivity index (χ0n) is 20.7. The van der Waals surface area contributed by atoms with Crippen molar-refractivity contribution in [1.82, 2.24) is 10.6 Å². The van der Waals surface area contributed by atoms with Gasteiger partial charge in [0.1, 0.15) is 0 Å². The van der Waals surface area contributed by atoms with Gasteiger partial charge in [-0.2, -0.15) is 0 Å². The number of amides is 1. The standard InChI is InChI=1S/C26H53N3O/c1-4-5-6-7-8-9-10-11-12-13-14-15-16-17-18-19-22-27-24-21-26(30)28-23-20-25-29(2)3/h11-12,27H,4-10,13-25H2,1-3H3,(H,28,30)/p+1/b12-11-. The Labute approximate surface area is 188 Å². The molecular weight excluding hydrogens is 370 g/mol. The quantitative estimate of drug-likeness (QED) is 0.165. The summed E-state index contributed by atoms with van der Waals surface area (Å²) in [5.74, 6) is 0.178. The first kappa shape index (κ1) is 29.1. The van der Waals surface area contributed by atoms with E-state index in [0.29, 0.717) is 6.42 Å². The van der Waals surface area contributed by atoms with E-state index >= 15 is 0 Å². The maximum Gasteiger partial charge on any atom is 0.221 e. The molecule has 0 aliphatic rings. The summed E-state index contributed by atoms with van der Waals surface area (Å²) in [4.78, 5) is 13.1. The van der Waals surface area contributed by atoms with Gasteiger partial charge in [0.15, 0.2) is 0 Å². The van der Waals surface area contributed by atoms with Crippen LogP contribution in [0.5, 0.6) is 0 Å². The van der Waals surface area contributed by atoms with Crippen LogP contribution in [0.15, 0.2) is 12.2 Å². The van der Waals surface area contributed by atoms with E-state index in [-0.39, 0.29) is 5.91 Å². The highest BCUT2D eigenvalue weighted by atomic mass is 16.1. The molecule has 178 valence electrons. The van der Waals surface area contributed by atoms with Gasteiger partial charge >= 0.3 is 0 Å². The molecular formula is C26H54N3O+. The normalized spacial score (nSPS) is 11.6. The van der Waals surface area contributed by atoms with Crippen LogP contribution in [0, 0.1) is 0 Å². The average molecular weight is 425 g/mol. The number of allylic oxidation sites excluding steroid dienone is 2. The van der Waals surface area contributed by atoms with Crippen LogP contribution in [0.4, 0.5) is 0 Å². The van der Waals surface area contributed by atoms with Crippen LogP contribution < -0.4 is 15.5 Å². The molecule has 0 saturated heterocycles. The summed E-state index contributed by atoms with van der Waals surface area (Å²) in [7, 11) is 4.28. The van der Waals surface area contributed by atoms with E-state index in [1.807, 2.05) is 0 Å². The van der Waals surface area contributed by atoms with Crippen LogP contribution in [0.25, 0.3) is 0 Å². The van der Waals surface area contributed by atoms with Gasteiger partial charge in [0.05, 0.1) is 20.6 Å². The predicted octanol–water partition coefficient (Wildman–Crippen LogP) is 4.65. The Bertz CT molecular complexity index is 382. The third kappa shape index (κ3) is 25.2. The van der Waals surface area contributed by atoms with Crippen molar-refractivity contribution in [2.24, 2.45) is 0 Å². The number of unbranched alkanes of at least 4 members (excludes halogenated alkanes) is 12. The summed E-state index contributed by atoms with van der Waals surface area (Å²) in [5.41, 5.74) is 0. The highest BCUT2D eigenvalue weighted by Gasteiger charge is 2.01. The molecule has 0 aliphatic heterocycles. The largest absolute Gasteiger partial charge is 0.356 e. The van der Waals surface area contributed by atoms with Crippen LogP contribution in [-0.2, 0) is 4.79 Å². The zero-order valence-corrected chi connectivity index (χ0v) is 20.7. The van der Waals surface area contributed by atoms with E-state index in [1.165, 1.54) is 94.8 Å². The van der Waals surface area contributed by atoms with E-state index in [0.717, 1.165) is 32.6 Å². The zero-order chi connectivity index (χ0) is 22.1. The van der Waals surface area contributed by atoms with Crippen molar-refractivity contribution in [1.29, 1.82) is 0 Å². The number of carbonyl (C=O) groups is 1. The van der Waals surface area contributed by atoms with Crippen molar-refractivity contribution in [2.45, 2.75) is 110 Å². The maximum atomic E-state index is 11.7. The maximum absolute atomic E-state index is 11.7. The Hall–Kier alpha value is -0.870. The summed E-state index contributed by atoms with van der Waals surface area (Å²) in [6, 6.07) is 0. The van der Waals surface area contributed by atoms with Crippen molar-refractivity contribution in [3.8, 4) is 0 Å². The van der Waals surface area contributed by atoms with Crippen molar-refractivity contribution < 1.29 is 9.69 Å². The first-order valence-electron chi connectivity index (χ1n) is 13.1. The molecule has 3 N–H and O–H groups in total. The molecule has 0 bridgehead atoms. The van der Waals surface area contributed by atoms with Gasteiger partial charge in [-0.15, -0.1) is 0 Å². The second-order valence-corrected chi connectivity index (χ2v) is 9.10. The molecule has 0 aromatic carbocycles. The Morgan fingerprint density at radius 2 is 1.27 bits per heavy atom. The highest BCUT2D eigenvalue weighted by Crippen LogP contribution is 2.09. The summed E-state index contributed by atoms with van der Waals surface area (Å²) in [5, 5.41) is 6.40. The molecule has 0 rings (SSSR count). The smallest absolute Gasteiger partial charge is 0.221 e. The molecule has 0 aromatic rings. The Morgan fingerprint density at radius 3 is 1.87 bits per heavy atom. The molecule has 0 radical (unpaired) electrons. The fraction of sp³-hybridized carbons (Fsp3) is 0.885. The van der Waals surface area contributed by atoms with E-state index in [4.69, 9.17) is 0 Å².